The van der Waals surface area contributed by atoms with Crippen LogP contribution in [0, 0.1) is 0 Å². The average Bonchev–Trinajstić information content (AvgIpc) is 3.88. The number of nitrogens with zero attached hydrogens (tertiary/aromatic N) is 5. The van der Waals surface area contributed by atoms with Crippen LogP contribution in [0.1, 0.15) is 34.8 Å². The van der Waals surface area contributed by atoms with E-state index in [1.807, 2.05) is 71.4 Å². The average molecular weight is 780 g/mol. The van der Waals surface area contributed by atoms with Crippen LogP contribution in [0.2, 0.25) is 0 Å². The Balaban J connectivity index is 0.990. The Kier molecular flexibility index (Phi) is 10.4. The molecule has 4 aromatic carbocycles. The fourth-order valence-electron chi connectivity index (χ4n) is 7.29. The maximum atomic E-state index is 13.9. The number of carbonyl (C=O) groups is 2. The van der Waals surface area contributed by atoms with E-state index in [1.54, 1.807) is 36.4 Å². The number of aromatic amines is 1. The molecule has 0 saturated carbocycles. The smallest absolute Gasteiger partial charge is 0.252 e. The van der Waals surface area contributed by atoms with Gasteiger partial charge in [0.15, 0.2) is 22.9 Å². The first-order valence-corrected chi connectivity index (χ1v) is 18.6. The maximum absolute atomic E-state index is 13.9. The molecule has 1 aliphatic rings. The van der Waals surface area contributed by atoms with E-state index in [0.717, 1.165) is 35.1 Å². The van der Waals surface area contributed by atoms with Crippen molar-refractivity contribution in [3.63, 3.8) is 0 Å². The van der Waals surface area contributed by atoms with E-state index < -0.39 is 0 Å². The predicted octanol–water partition coefficient (Wildman–Crippen LogP) is 7.40. The van der Waals surface area contributed by atoms with Gasteiger partial charge in [-0.2, -0.15) is 5.10 Å². The van der Waals surface area contributed by atoms with Crippen LogP contribution in [0.25, 0.3) is 33.2 Å². The summed E-state index contributed by atoms with van der Waals surface area (Å²) in [5.41, 5.74) is 10.2. The second kappa shape index (κ2) is 16.0. The largest absolute Gasteiger partial charge is 0.497 e. The Morgan fingerprint density at radius 3 is 2.41 bits per heavy atom. The summed E-state index contributed by atoms with van der Waals surface area (Å²) in [5.74, 6) is 2.67. The van der Waals surface area contributed by atoms with E-state index in [2.05, 4.69) is 21.5 Å². The van der Waals surface area contributed by atoms with Crippen molar-refractivity contribution in [2.75, 3.05) is 46.8 Å². The molecule has 3 aromatic heterocycles. The SMILES string of the molecule is C=C(COc1cc(C(=O)c2c[nH]c3cc(OC)ccc23)cc(OC)c1OC)C(=O)N1CCCC(n2nc(-c3ccc(Oc4ccccc4)cc3)c3c(N)ncnc32)C1. The summed E-state index contributed by atoms with van der Waals surface area (Å²) in [6, 6.07) is 25.6. The van der Waals surface area contributed by atoms with Crippen molar-refractivity contribution in [3.8, 4) is 45.8 Å². The third kappa shape index (κ3) is 7.22. The second-order valence-electron chi connectivity index (χ2n) is 13.8. The number of hydrogen-bond donors (Lipinski definition) is 2. The van der Waals surface area contributed by atoms with Gasteiger partial charge in [0.2, 0.25) is 5.75 Å². The third-order valence-electron chi connectivity index (χ3n) is 10.2. The fourth-order valence-corrected chi connectivity index (χ4v) is 7.29. The van der Waals surface area contributed by atoms with E-state index in [0.29, 0.717) is 64.0 Å². The summed E-state index contributed by atoms with van der Waals surface area (Å²) in [6.45, 7) is 4.81. The number of benzene rings is 4. The first kappa shape index (κ1) is 37.6. The molecule has 4 heterocycles. The third-order valence-corrected chi connectivity index (χ3v) is 10.2. The van der Waals surface area contributed by atoms with Gasteiger partial charge in [0.25, 0.3) is 5.91 Å². The number of carbonyl (C=O) groups excluding carboxylic acids is 2. The predicted molar refractivity (Wildman–Crippen MR) is 219 cm³/mol. The van der Waals surface area contributed by atoms with Crippen LogP contribution in [0.4, 0.5) is 5.82 Å². The zero-order chi connectivity index (χ0) is 40.3. The summed E-state index contributed by atoms with van der Waals surface area (Å²) >= 11 is 0. The molecule has 0 radical (unpaired) electrons. The normalized spacial score (nSPS) is 14.0. The van der Waals surface area contributed by atoms with Gasteiger partial charge in [-0.1, -0.05) is 24.8 Å². The Hall–Kier alpha value is -7.35. The molecule has 58 heavy (non-hydrogen) atoms. The van der Waals surface area contributed by atoms with E-state index in [1.165, 1.54) is 20.5 Å². The monoisotopic (exact) mass is 779 g/mol. The number of hydrogen-bond acceptors (Lipinski definition) is 11. The van der Waals surface area contributed by atoms with Gasteiger partial charge in [-0.05, 0) is 73.5 Å². The first-order valence-electron chi connectivity index (χ1n) is 18.6. The van der Waals surface area contributed by atoms with Gasteiger partial charge in [0.05, 0.1) is 32.8 Å². The van der Waals surface area contributed by atoms with Crippen molar-refractivity contribution < 1.29 is 33.3 Å². The Bertz CT molecular complexity index is 2660. The molecule has 1 saturated heterocycles. The lowest BCUT2D eigenvalue weighted by atomic mass is 10.0. The number of nitrogen functional groups attached to an aromatic ring is 1. The minimum Gasteiger partial charge on any atom is -0.497 e. The summed E-state index contributed by atoms with van der Waals surface area (Å²) in [4.78, 5) is 41.5. The molecule has 8 rings (SSSR count). The number of amides is 1. The number of methoxy groups -OCH3 is 3. The molecular formula is C44H41N7O7. The van der Waals surface area contributed by atoms with Crippen molar-refractivity contribution in [2.24, 2.45) is 0 Å². The number of nitrogens with one attached hydrogen (secondary N) is 1. The van der Waals surface area contributed by atoms with Crippen molar-refractivity contribution in [1.29, 1.82) is 0 Å². The van der Waals surface area contributed by atoms with Gasteiger partial charge in [0, 0.05) is 58.5 Å². The Morgan fingerprint density at radius 1 is 0.897 bits per heavy atom. The van der Waals surface area contributed by atoms with Crippen molar-refractivity contribution in [3.05, 3.63) is 121 Å². The number of nitrogens with two attached hydrogens (primary N) is 1. The highest BCUT2D eigenvalue weighted by molar-refractivity contribution is 6.17. The number of fused-ring (bicyclic) bond motifs is 2. The number of ketones is 1. The molecule has 0 spiro atoms. The first-order chi connectivity index (χ1) is 28.3. The van der Waals surface area contributed by atoms with Crippen molar-refractivity contribution in [1.82, 2.24) is 29.6 Å². The zero-order valence-electron chi connectivity index (χ0n) is 32.2. The standard InChI is InChI=1S/C44H41N7O7/c1-26(24-57-37-20-28(19-36(55-3)41(37)56-4)40(52)34-22-46-35-21-32(54-2)16-17-33(34)35)44(53)50-18-8-9-29(23-50)51-43-38(42(45)47-25-48-43)39(49-51)27-12-14-31(15-13-27)58-30-10-6-5-7-11-30/h5-7,10-17,19-22,25,29,46H,1,8-9,18,23-24H2,2-4H3,(H2,45,47,48). The minimum absolute atomic E-state index is 0.160. The zero-order valence-corrected chi connectivity index (χ0v) is 32.2. The van der Waals surface area contributed by atoms with Gasteiger partial charge < -0.3 is 39.3 Å². The number of ether oxygens (including phenoxy) is 5. The lowest BCUT2D eigenvalue weighted by molar-refractivity contribution is -0.129. The maximum Gasteiger partial charge on any atom is 0.252 e. The molecule has 14 nitrogen and oxygen atoms in total. The van der Waals surface area contributed by atoms with Crippen LogP contribution < -0.4 is 29.4 Å². The molecule has 14 heteroatoms. The Labute approximate surface area is 333 Å². The quantitative estimate of drug-likeness (QED) is 0.0883. The topological polar surface area (TPSA) is 169 Å². The summed E-state index contributed by atoms with van der Waals surface area (Å²) in [6.07, 6.45) is 4.57. The Morgan fingerprint density at radius 2 is 1.66 bits per heavy atom. The van der Waals surface area contributed by atoms with E-state index >= 15 is 0 Å². The number of para-hydroxylation sites is 1. The summed E-state index contributed by atoms with van der Waals surface area (Å²) in [7, 11) is 4.54. The van der Waals surface area contributed by atoms with Crippen molar-refractivity contribution >= 4 is 39.4 Å². The molecule has 1 atom stereocenters. The lowest BCUT2D eigenvalue weighted by Crippen LogP contribution is -2.42. The van der Waals surface area contributed by atoms with Gasteiger partial charge in [-0.3, -0.25) is 9.59 Å². The number of likely N-dealkylation sites (tertiary alicyclic amines) is 1. The van der Waals surface area contributed by atoms with Gasteiger partial charge in [-0.15, -0.1) is 0 Å². The van der Waals surface area contributed by atoms with Crippen LogP contribution in [0.15, 0.2) is 110 Å². The van der Waals surface area contributed by atoms with Crippen LogP contribution in [0.5, 0.6) is 34.5 Å². The number of anilines is 1. The number of H-pyrrole nitrogens is 1. The van der Waals surface area contributed by atoms with Gasteiger partial charge >= 0.3 is 0 Å². The van der Waals surface area contributed by atoms with Crippen LogP contribution in [0.3, 0.4) is 0 Å². The summed E-state index contributed by atoms with van der Waals surface area (Å²) in [5, 5.41) is 6.39. The molecule has 1 fully saturated rings. The lowest BCUT2D eigenvalue weighted by Gasteiger charge is -2.33. The van der Waals surface area contributed by atoms with E-state index in [-0.39, 0.29) is 41.4 Å². The molecular weight excluding hydrogens is 739 g/mol. The van der Waals surface area contributed by atoms with Crippen LogP contribution in [-0.2, 0) is 4.79 Å². The van der Waals surface area contributed by atoms with Crippen LogP contribution >= 0.6 is 0 Å². The molecule has 7 aromatic rings. The molecule has 1 amide bonds. The molecule has 1 aliphatic heterocycles. The van der Waals surface area contributed by atoms with Crippen molar-refractivity contribution in [2.45, 2.75) is 18.9 Å². The number of rotatable bonds is 13. The second-order valence-corrected chi connectivity index (χ2v) is 13.8. The highest BCUT2D eigenvalue weighted by atomic mass is 16.5. The minimum atomic E-state index is -0.267. The molecule has 294 valence electrons. The highest BCUT2D eigenvalue weighted by Gasteiger charge is 2.30. The number of piperidine rings is 1. The van der Waals surface area contributed by atoms with E-state index in [9.17, 15) is 9.59 Å². The van der Waals surface area contributed by atoms with Gasteiger partial charge in [-0.25, -0.2) is 14.6 Å². The summed E-state index contributed by atoms with van der Waals surface area (Å²) < 4.78 is 30.5. The number of aromatic nitrogens is 5. The molecule has 1 unspecified atom stereocenters. The van der Waals surface area contributed by atoms with E-state index in [4.69, 9.17) is 34.5 Å². The fraction of sp³-hybridized carbons (Fsp3) is 0.205. The molecule has 0 bridgehead atoms. The highest BCUT2D eigenvalue weighted by Crippen LogP contribution is 2.40. The molecule has 0 aliphatic carbocycles. The van der Waals surface area contributed by atoms with Gasteiger partial charge in [0.1, 0.15) is 41.7 Å². The molecule has 3 N–H and O–H groups in total. The van der Waals surface area contributed by atoms with Crippen LogP contribution in [-0.4, -0.2) is 82.3 Å².